The van der Waals surface area contributed by atoms with Crippen LogP contribution >= 0.6 is 0 Å². The van der Waals surface area contributed by atoms with Crippen LogP contribution in [0.3, 0.4) is 0 Å². The Morgan fingerprint density at radius 1 is 0.203 bits per heavy atom. The zero-order valence-electron chi connectivity index (χ0n) is 34.7. The molecule has 0 spiro atoms. The largest absolute Gasteiger partial charge is 0.208 e. The van der Waals surface area contributed by atoms with Crippen molar-refractivity contribution in [1.82, 2.24) is 15.0 Å². The van der Waals surface area contributed by atoms with Crippen molar-refractivity contribution in [3.05, 3.63) is 224 Å². The van der Waals surface area contributed by atoms with Crippen molar-refractivity contribution in [3.63, 3.8) is 0 Å². The number of nitrogens with zero attached hydrogens (tertiary/aromatic N) is 3. The second-order valence-electron chi connectivity index (χ2n) is 16.7. The van der Waals surface area contributed by atoms with Crippen LogP contribution in [-0.2, 0) is 0 Å². The Labute approximate surface area is 370 Å². The Balaban J connectivity index is 0.952. The Hall–Kier alpha value is -8.53. The van der Waals surface area contributed by atoms with Gasteiger partial charge < -0.3 is 0 Å². The maximum atomic E-state index is 5.16. The number of hydrogen-bond donors (Lipinski definition) is 0. The van der Waals surface area contributed by atoms with E-state index >= 15 is 0 Å². The fourth-order valence-corrected chi connectivity index (χ4v) is 10.0. The smallest absolute Gasteiger partial charge is 0.164 e. The van der Waals surface area contributed by atoms with Crippen molar-refractivity contribution < 1.29 is 0 Å². The molecule has 0 bridgehead atoms. The third kappa shape index (κ3) is 5.86. The lowest BCUT2D eigenvalue weighted by Gasteiger charge is -2.17. The van der Waals surface area contributed by atoms with E-state index in [4.69, 9.17) is 15.0 Å². The summed E-state index contributed by atoms with van der Waals surface area (Å²) in [4.78, 5) is 15.3. The minimum Gasteiger partial charge on any atom is -0.208 e. The zero-order chi connectivity index (χ0) is 42.1. The summed E-state index contributed by atoms with van der Waals surface area (Å²) in [5.41, 5.74) is 9.64. The van der Waals surface area contributed by atoms with E-state index in [9.17, 15) is 0 Å². The van der Waals surface area contributed by atoms with Gasteiger partial charge in [-0.1, -0.05) is 212 Å². The lowest BCUT2D eigenvalue weighted by molar-refractivity contribution is 1.07. The molecule has 0 fully saturated rings. The Morgan fingerprint density at radius 2 is 0.594 bits per heavy atom. The number of aromatic nitrogens is 3. The molecule has 0 saturated carbocycles. The van der Waals surface area contributed by atoms with Crippen molar-refractivity contribution in [3.8, 4) is 67.5 Å². The van der Waals surface area contributed by atoms with Gasteiger partial charge in [-0.15, -0.1) is 0 Å². The second-order valence-corrected chi connectivity index (χ2v) is 16.7. The van der Waals surface area contributed by atoms with Gasteiger partial charge in [-0.25, -0.2) is 15.0 Å². The van der Waals surface area contributed by atoms with Crippen molar-refractivity contribution in [2.45, 2.75) is 0 Å². The average Bonchev–Trinajstić information content (AvgIpc) is 3.37. The van der Waals surface area contributed by atoms with E-state index in [2.05, 4.69) is 200 Å². The van der Waals surface area contributed by atoms with Crippen LogP contribution in [0.2, 0.25) is 0 Å². The van der Waals surface area contributed by atoms with E-state index in [1.165, 1.54) is 75.8 Å². The van der Waals surface area contributed by atoms with E-state index in [0.29, 0.717) is 17.5 Å². The number of hydrogen-bond acceptors (Lipinski definition) is 3. The van der Waals surface area contributed by atoms with Crippen molar-refractivity contribution in [1.29, 1.82) is 0 Å². The molecule has 0 aliphatic heterocycles. The van der Waals surface area contributed by atoms with E-state index in [1.54, 1.807) is 0 Å². The molecule has 0 atom stereocenters. The molecule has 12 aromatic carbocycles. The normalized spacial score (nSPS) is 11.8. The maximum absolute atomic E-state index is 5.16. The Bertz CT molecular complexity index is 3910. The molecule has 0 aliphatic carbocycles. The third-order valence-electron chi connectivity index (χ3n) is 13.0. The molecular formula is C61H37N3. The first-order chi connectivity index (χ1) is 31.7. The van der Waals surface area contributed by atoms with E-state index in [1.807, 2.05) is 24.3 Å². The molecule has 13 aromatic rings. The molecular weight excluding hydrogens is 775 g/mol. The molecule has 0 radical (unpaired) electrons. The summed E-state index contributed by atoms with van der Waals surface area (Å²) in [5, 5.41) is 15.4. The maximum Gasteiger partial charge on any atom is 0.164 e. The van der Waals surface area contributed by atoms with Crippen LogP contribution in [0.4, 0.5) is 0 Å². The number of benzene rings is 11. The van der Waals surface area contributed by atoms with Gasteiger partial charge in [0.25, 0.3) is 0 Å². The van der Waals surface area contributed by atoms with Crippen LogP contribution in [0.25, 0.3) is 132 Å². The highest BCUT2D eigenvalue weighted by molar-refractivity contribution is 6.37. The first-order valence-corrected chi connectivity index (χ1v) is 21.8. The average molecular weight is 812 g/mol. The van der Waals surface area contributed by atoms with E-state index in [-0.39, 0.29) is 0 Å². The van der Waals surface area contributed by atoms with Gasteiger partial charge in [0.2, 0.25) is 0 Å². The SMILES string of the molecule is c1ccc(-c2ccc(-c3nc(-c4ccccc4)nc(-c4ccccc4-c4ccc(-c5cc6ccc7cccc8c9cccc%10ccc%11cccc(c(c5)c6c78)c%11c%109)cc4)n3)cc2)cc1. The van der Waals surface area contributed by atoms with Crippen LogP contribution in [0.15, 0.2) is 224 Å². The summed E-state index contributed by atoms with van der Waals surface area (Å²) in [5.74, 6) is 1.91. The number of rotatable bonds is 6. The van der Waals surface area contributed by atoms with Gasteiger partial charge in [0.1, 0.15) is 0 Å². The third-order valence-corrected chi connectivity index (χ3v) is 13.0. The molecule has 296 valence electrons. The quantitative estimate of drug-likeness (QED) is 0.157. The molecule has 0 N–H and O–H groups in total. The summed E-state index contributed by atoms with van der Waals surface area (Å²) in [6.07, 6.45) is 0. The molecule has 3 nitrogen and oxygen atoms in total. The molecule has 64 heavy (non-hydrogen) atoms. The highest BCUT2D eigenvalue weighted by atomic mass is 15.0. The molecule has 0 unspecified atom stereocenters. The topological polar surface area (TPSA) is 38.7 Å². The van der Waals surface area contributed by atoms with Crippen molar-refractivity contribution in [2.75, 3.05) is 0 Å². The predicted molar refractivity (Wildman–Crippen MR) is 269 cm³/mol. The lowest BCUT2D eigenvalue weighted by Crippen LogP contribution is -2.01. The fourth-order valence-electron chi connectivity index (χ4n) is 10.0. The first-order valence-electron chi connectivity index (χ1n) is 21.8. The summed E-state index contributed by atoms with van der Waals surface area (Å²) in [6, 6.07) is 80.8. The van der Waals surface area contributed by atoms with Crippen LogP contribution in [0, 0.1) is 0 Å². The van der Waals surface area contributed by atoms with Gasteiger partial charge >= 0.3 is 0 Å². The van der Waals surface area contributed by atoms with Gasteiger partial charge in [-0.3, -0.25) is 0 Å². The highest BCUT2D eigenvalue weighted by Gasteiger charge is 2.18. The van der Waals surface area contributed by atoms with Crippen LogP contribution in [0.1, 0.15) is 0 Å². The van der Waals surface area contributed by atoms with Gasteiger partial charge in [-0.2, -0.15) is 0 Å². The molecule has 0 amide bonds. The number of fused-ring (bicyclic) bond motifs is 2. The van der Waals surface area contributed by atoms with Gasteiger partial charge in [0.05, 0.1) is 0 Å². The van der Waals surface area contributed by atoms with Crippen LogP contribution < -0.4 is 0 Å². The second kappa shape index (κ2) is 14.5. The lowest BCUT2D eigenvalue weighted by atomic mass is 9.86. The molecule has 3 heteroatoms. The molecule has 13 rings (SSSR count). The minimum absolute atomic E-state index is 0.633. The molecule has 1 aromatic heterocycles. The Morgan fingerprint density at radius 3 is 1.17 bits per heavy atom. The molecule has 0 saturated heterocycles. The summed E-state index contributed by atoms with van der Waals surface area (Å²) in [6.45, 7) is 0. The highest BCUT2D eigenvalue weighted by Crippen LogP contribution is 2.45. The van der Waals surface area contributed by atoms with E-state index < -0.39 is 0 Å². The molecule has 1 heterocycles. The van der Waals surface area contributed by atoms with E-state index in [0.717, 1.165) is 38.9 Å². The minimum atomic E-state index is 0.633. The monoisotopic (exact) mass is 811 g/mol. The van der Waals surface area contributed by atoms with Crippen LogP contribution in [0.5, 0.6) is 0 Å². The Kier molecular flexibility index (Phi) is 8.22. The van der Waals surface area contributed by atoms with Gasteiger partial charge in [-0.05, 0) is 110 Å². The standard InChI is InChI=1S/C61H37N3/c1-3-12-38(13-4-1)39-26-33-46(34-27-39)60-62-59(45-14-5-2-6-15-45)63-61(64-60)53-20-8-7-19-49(53)41-28-24-40(25-29-41)48-36-47-35-32-44-17-10-22-51-50-21-9-16-42-30-31-43-18-11-23-52(57(43)55(42)50)54(37-48)58(47)56(44)51/h1-37H. The summed E-state index contributed by atoms with van der Waals surface area (Å²) < 4.78 is 0. The van der Waals surface area contributed by atoms with Crippen LogP contribution in [-0.4, -0.2) is 15.0 Å². The first kappa shape index (κ1) is 36.2. The summed E-state index contributed by atoms with van der Waals surface area (Å²) in [7, 11) is 0. The van der Waals surface area contributed by atoms with Gasteiger partial charge in [0, 0.05) is 16.7 Å². The molecule has 0 aliphatic rings. The fraction of sp³-hybridized carbons (Fsp3) is 0. The zero-order valence-corrected chi connectivity index (χ0v) is 34.7. The van der Waals surface area contributed by atoms with Crippen molar-refractivity contribution in [2.24, 2.45) is 0 Å². The van der Waals surface area contributed by atoms with Crippen molar-refractivity contribution >= 4 is 64.6 Å². The van der Waals surface area contributed by atoms with Gasteiger partial charge in [0.15, 0.2) is 17.5 Å². The summed E-state index contributed by atoms with van der Waals surface area (Å²) >= 11 is 0. The predicted octanol–water partition coefficient (Wildman–Crippen LogP) is 16.2.